The zero-order valence-corrected chi connectivity index (χ0v) is 6.20. The van der Waals surface area contributed by atoms with E-state index in [0.29, 0.717) is 0 Å². The van der Waals surface area contributed by atoms with Crippen molar-refractivity contribution in [1.82, 2.24) is 9.55 Å². The number of hydrogen-bond acceptors (Lipinski definition) is 1. The van der Waals surface area contributed by atoms with Gasteiger partial charge in [0.1, 0.15) is 0 Å². The van der Waals surface area contributed by atoms with Crippen molar-refractivity contribution < 1.29 is 0 Å². The molecule has 0 aromatic carbocycles. The van der Waals surface area contributed by atoms with Crippen LogP contribution in [0.1, 0.15) is 6.92 Å². The van der Waals surface area contributed by atoms with E-state index in [2.05, 4.69) is 18.1 Å². The van der Waals surface area contributed by atoms with E-state index in [4.69, 9.17) is 0 Å². The molecule has 0 saturated carbocycles. The number of nitrogens with zero attached hydrogens (tertiary/aromatic N) is 2. The maximum atomic E-state index is 3.78. The molecule has 0 N–H and O–H groups in total. The molecule has 0 atom stereocenters. The van der Waals surface area contributed by atoms with Crippen LogP contribution in [0.25, 0.3) is 6.20 Å². The van der Waals surface area contributed by atoms with Gasteiger partial charge in [0, 0.05) is 18.6 Å². The normalized spacial score (nSPS) is 7.30. The van der Waals surface area contributed by atoms with Gasteiger partial charge >= 0.3 is 0 Å². The molecule has 10 heavy (non-hydrogen) atoms. The van der Waals surface area contributed by atoms with Crippen LogP contribution in [0.15, 0.2) is 38.0 Å². The van der Waals surface area contributed by atoms with Gasteiger partial charge in [0.2, 0.25) is 0 Å². The van der Waals surface area contributed by atoms with Gasteiger partial charge < -0.3 is 4.57 Å². The Bertz CT molecular complexity index is 175. The largest absolute Gasteiger partial charge is 0.314 e. The second kappa shape index (κ2) is 5.82. The van der Waals surface area contributed by atoms with Crippen molar-refractivity contribution in [2.24, 2.45) is 0 Å². The fourth-order valence-electron chi connectivity index (χ4n) is 0.377. The average Bonchev–Trinajstić information content (AvgIpc) is 2.39. The number of aromatic nitrogens is 2. The predicted octanol–water partition coefficient (Wildman–Crippen LogP) is 2.18. The van der Waals surface area contributed by atoms with E-state index >= 15 is 0 Å². The Labute approximate surface area is 61.5 Å². The zero-order chi connectivity index (χ0) is 7.82. The summed E-state index contributed by atoms with van der Waals surface area (Å²) in [6.07, 6.45) is 8.66. The van der Waals surface area contributed by atoms with E-state index < -0.39 is 0 Å². The van der Waals surface area contributed by atoms with Crippen molar-refractivity contribution in [2.75, 3.05) is 0 Å². The van der Waals surface area contributed by atoms with Crippen LogP contribution in [0, 0.1) is 0 Å². The van der Waals surface area contributed by atoms with E-state index in [-0.39, 0.29) is 0 Å². The molecule has 0 aliphatic carbocycles. The summed E-state index contributed by atoms with van der Waals surface area (Å²) in [6.45, 7) is 8.78. The van der Waals surface area contributed by atoms with E-state index in [0.717, 1.165) is 0 Å². The lowest BCUT2D eigenvalue weighted by atomic mass is 10.8. The summed E-state index contributed by atoms with van der Waals surface area (Å²) >= 11 is 0. The second-order valence-corrected chi connectivity index (χ2v) is 1.60. The van der Waals surface area contributed by atoms with Gasteiger partial charge in [0.05, 0.1) is 6.33 Å². The standard InChI is InChI=1S/C5H6N2.C3H6/c1-2-7-4-3-6-5-7;1-3-2/h2-5H,1H2;3H,1H2,2H3. The topological polar surface area (TPSA) is 17.8 Å². The molecule has 2 nitrogen and oxygen atoms in total. The van der Waals surface area contributed by atoms with Gasteiger partial charge in [-0.2, -0.15) is 0 Å². The van der Waals surface area contributed by atoms with Gasteiger partial charge in [-0.05, 0) is 6.92 Å². The number of rotatable bonds is 1. The Morgan fingerprint density at radius 2 is 2.10 bits per heavy atom. The highest BCUT2D eigenvalue weighted by molar-refractivity contribution is 5.14. The van der Waals surface area contributed by atoms with Crippen molar-refractivity contribution in [3.8, 4) is 0 Å². The minimum atomic E-state index is 1.69. The molecule has 0 aliphatic rings. The minimum Gasteiger partial charge on any atom is -0.314 e. The van der Waals surface area contributed by atoms with Crippen molar-refractivity contribution in [1.29, 1.82) is 0 Å². The van der Waals surface area contributed by atoms with E-state index in [1.165, 1.54) is 0 Å². The number of hydrogen-bond donors (Lipinski definition) is 0. The third-order valence-corrected chi connectivity index (χ3v) is 0.736. The Balaban J connectivity index is 0.000000236. The van der Waals surface area contributed by atoms with Crippen LogP contribution < -0.4 is 0 Å². The summed E-state index contributed by atoms with van der Waals surface area (Å²) in [7, 11) is 0. The molecule has 54 valence electrons. The Kier molecular flexibility index (Phi) is 5.06. The summed E-state index contributed by atoms with van der Waals surface area (Å²) in [5.41, 5.74) is 0. The highest BCUT2D eigenvalue weighted by Gasteiger charge is 1.73. The summed E-state index contributed by atoms with van der Waals surface area (Å²) in [5, 5.41) is 0. The van der Waals surface area contributed by atoms with Crippen molar-refractivity contribution in [3.63, 3.8) is 0 Å². The SMILES string of the molecule is C=CC.C=Cn1ccnc1. The third kappa shape index (κ3) is 3.66. The molecule has 0 fully saturated rings. The lowest BCUT2D eigenvalue weighted by molar-refractivity contribution is 1.14. The van der Waals surface area contributed by atoms with Gasteiger partial charge in [-0.25, -0.2) is 4.98 Å². The summed E-state index contributed by atoms with van der Waals surface area (Å²) < 4.78 is 1.78. The maximum Gasteiger partial charge on any atom is 0.0986 e. The van der Waals surface area contributed by atoms with E-state index in [1.807, 2.05) is 13.1 Å². The van der Waals surface area contributed by atoms with Crippen LogP contribution in [0.3, 0.4) is 0 Å². The first-order valence-electron chi connectivity index (χ1n) is 3.02. The molecule has 0 aliphatic heterocycles. The average molecular weight is 136 g/mol. The number of imidazole rings is 1. The van der Waals surface area contributed by atoms with Gasteiger partial charge in [-0.1, -0.05) is 12.7 Å². The van der Waals surface area contributed by atoms with Crippen molar-refractivity contribution >= 4 is 6.20 Å². The van der Waals surface area contributed by atoms with Crippen molar-refractivity contribution in [2.45, 2.75) is 6.92 Å². The van der Waals surface area contributed by atoms with Crippen LogP contribution in [-0.4, -0.2) is 9.55 Å². The molecule has 1 rings (SSSR count). The van der Waals surface area contributed by atoms with Crippen LogP contribution in [0.5, 0.6) is 0 Å². The van der Waals surface area contributed by atoms with Gasteiger partial charge in [-0.3, -0.25) is 0 Å². The van der Waals surface area contributed by atoms with Crippen LogP contribution >= 0.6 is 0 Å². The van der Waals surface area contributed by atoms with Gasteiger partial charge in [-0.15, -0.1) is 6.58 Å². The number of allylic oxidation sites excluding steroid dienone is 1. The first kappa shape index (κ1) is 8.69. The Morgan fingerprint density at radius 3 is 2.30 bits per heavy atom. The summed E-state index contributed by atoms with van der Waals surface area (Å²) in [5.74, 6) is 0. The monoisotopic (exact) mass is 136 g/mol. The fraction of sp³-hybridized carbons (Fsp3) is 0.125. The molecule has 2 heteroatoms. The van der Waals surface area contributed by atoms with Gasteiger partial charge in [0.15, 0.2) is 0 Å². The highest BCUT2D eigenvalue weighted by Crippen LogP contribution is 1.81. The van der Waals surface area contributed by atoms with Crippen LogP contribution in [0.4, 0.5) is 0 Å². The highest BCUT2D eigenvalue weighted by atomic mass is 15.0. The third-order valence-electron chi connectivity index (χ3n) is 0.736. The first-order chi connectivity index (χ1) is 4.85. The molecule has 0 amide bonds. The fourth-order valence-corrected chi connectivity index (χ4v) is 0.377. The summed E-state index contributed by atoms with van der Waals surface area (Å²) in [4.78, 5) is 3.78. The molecule has 0 spiro atoms. The summed E-state index contributed by atoms with van der Waals surface area (Å²) in [6, 6.07) is 0. The Morgan fingerprint density at radius 1 is 1.50 bits per heavy atom. The molecule has 0 radical (unpaired) electrons. The van der Waals surface area contributed by atoms with Crippen LogP contribution in [-0.2, 0) is 0 Å². The van der Waals surface area contributed by atoms with Crippen molar-refractivity contribution in [3.05, 3.63) is 38.0 Å². The van der Waals surface area contributed by atoms with E-state index in [9.17, 15) is 0 Å². The molecule has 0 saturated heterocycles. The minimum absolute atomic E-state index is 1.69. The lowest BCUT2D eigenvalue weighted by Gasteiger charge is -1.80. The lowest BCUT2D eigenvalue weighted by Crippen LogP contribution is -1.73. The predicted molar refractivity (Wildman–Crippen MR) is 44.5 cm³/mol. The Hall–Kier alpha value is -1.31. The molecular formula is C8H12N2. The molecule has 1 aromatic rings. The quantitative estimate of drug-likeness (QED) is 0.541. The smallest absolute Gasteiger partial charge is 0.0986 e. The molecule has 0 bridgehead atoms. The molecule has 1 aromatic heterocycles. The second-order valence-electron chi connectivity index (χ2n) is 1.60. The molecule has 1 heterocycles. The van der Waals surface area contributed by atoms with Gasteiger partial charge in [0.25, 0.3) is 0 Å². The first-order valence-corrected chi connectivity index (χ1v) is 3.02. The molecular weight excluding hydrogens is 124 g/mol. The van der Waals surface area contributed by atoms with E-state index in [1.54, 1.807) is 29.4 Å². The maximum absolute atomic E-state index is 3.78. The molecule has 0 unspecified atom stereocenters. The zero-order valence-electron chi connectivity index (χ0n) is 6.20. The van der Waals surface area contributed by atoms with Crippen LogP contribution in [0.2, 0.25) is 0 Å².